The molecule has 226 valence electrons. The van der Waals surface area contributed by atoms with Crippen molar-refractivity contribution in [3.8, 4) is 0 Å². The maximum atomic E-state index is 13.1. The van der Waals surface area contributed by atoms with Crippen molar-refractivity contribution in [1.29, 1.82) is 0 Å². The highest BCUT2D eigenvalue weighted by Crippen LogP contribution is 2.40. The number of hydrogen-bond acceptors (Lipinski definition) is 7. The van der Waals surface area contributed by atoms with Crippen molar-refractivity contribution in [1.82, 2.24) is 4.90 Å². The molecular weight excluding hydrogens is 508 g/mol. The molecule has 0 radical (unpaired) electrons. The van der Waals surface area contributed by atoms with Crippen molar-refractivity contribution in [2.24, 2.45) is 0 Å². The molecule has 3 heterocycles. The summed E-state index contributed by atoms with van der Waals surface area (Å²) in [6, 6.07) is 7.69. The van der Waals surface area contributed by atoms with Gasteiger partial charge in [-0.25, -0.2) is 4.79 Å². The number of unbranched alkanes of at least 4 members (excludes halogenated alkanes) is 7. The molecule has 0 bridgehead atoms. The Bertz CT molecular complexity index is 888. The minimum Gasteiger partial charge on any atom is -0.442 e. The van der Waals surface area contributed by atoms with Crippen LogP contribution < -0.4 is 5.32 Å². The van der Waals surface area contributed by atoms with Crippen molar-refractivity contribution in [2.45, 2.75) is 135 Å². The number of rotatable bonds is 15. The number of likely N-dealkylation sites (tertiary alicyclic amines) is 1. The van der Waals surface area contributed by atoms with Gasteiger partial charge in [-0.05, 0) is 65.3 Å². The van der Waals surface area contributed by atoms with E-state index in [1.165, 1.54) is 44.9 Å². The zero-order valence-electron chi connectivity index (χ0n) is 25.2. The molecule has 0 saturated carbocycles. The van der Waals surface area contributed by atoms with Crippen molar-refractivity contribution in [3.05, 3.63) is 29.8 Å². The van der Waals surface area contributed by atoms with Crippen LogP contribution in [0.15, 0.2) is 24.3 Å². The first-order valence-corrected chi connectivity index (χ1v) is 15.7. The smallest absolute Gasteiger partial charge is 0.412 e. The summed E-state index contributed by atoms with van der Waals surface area (Å²) < 4.78 is 31.4. The summed E-state index contributed by atoms with van der Waals surface area (Å²) in [7, 11) is 0. The Hall–Kier alpha value is -1.71. The van der Waals surface area contributed by atoms with Crippen LogP contribution in [0.2, 0.25) is 0 Å². The van der Waals surface area contributed by atoms with E-state index in [1.54, 1.807) is 0 Å². The fourth-order valence-electron chi connectivity index (χ4n) is 5.97. The lowest BCUT2D eigenvalue weighted by atomic mass is 10.0. The topological polar surface area (TPSA) is 78.5 Å². The molecule has 5 atom stereocenters. The molecule has 0 spiro atoms. The van der Waals surface area contributed by atoms with Gasteiger partial charge in [-0.15, -0.1) is 0 Å². The third-order valence-electron chi connectivity index (χ3n) is 8.14. The van der Waals surface area contributed by atoms with Crippen LogP contribution in [0.4, 0.5) is 10.5 Å². The van der Waals surface area contributed by atoms with Gasteiger partial charge in [-0.1, -0.05) is 76.0 Å². The number of aryl methyl sites for hydroxylation is 1. The SMILES string of the molecule is CCCCCCCCCCO[C@@H]1[C@H]2OC(C)(C)O[C@H]2O[C@@H]1C(CN1CCCCC1)OC(=O)Nc1ccc(C)cc1. The Morgan fingerprint density at radius 2 is 1.68 bits per heavy atom. The second-order valence-electron chi connectivity index (χ2n) is 12.2. The molecule has 0 aliphatic carbocycles. The molecule has 3 aliphatic heterocycles. The van der Waals surface area contributed by atoms with E-state index in [1.807, 2.05) is 45.0 Å². The average molecular weight is 561 g/mol. The lowest BCUT2D eigenvalue weighted by Crippen LogP contribution is -2.50. The number of nitrogens with zero attached hydrogens (tertiary/aromatic N) is 1. The van der Waals surface area contributed by atoms with E-state index in [4.69, 9.17) is 23.7 Å². The summed E-state index contributed by atoms with van der Waals surface area (Å²) >= 11 is 0. The van der Waals surface area contributed by atoms with E-state index in [2.05, 4.69) is 17.1 Å². The van der Waals surface area contributed by atoms with Gasteiger partial charge in [0.25, 0.3) is 0 Å². The Kier molecular flexibility index (Phi) is 12.1. The van der Waals surface area contributed by atoms with Gasteiger partial charge in [-0.3, -0.25) is 10.2 Å². The van der Waals surface area contributed by atoms with Crippen LogP contribution in [-0.2, 0) is 23.7 Å². The Morgan fingerprint density at radius 3 is 2.38 bits per heavy atom. The summed E-state index contributed by atoms with van der Waals surface area (Å²) in [5.41, 5.74) is 1.83. The lowest BCUT2D eigenvalue weighted by molar-refractivity contribution is -0.230. The maximum absolute atomic E-state index is 13.1. The summed E-state index contributed by atoms with van der Waals surface area (Å²) in [6.45, 7) is 11.3. The highest BCUT2D eigenvalue weighted by atomic mass is 16.8. The molecule has 3 aliphatic rings. The van der Waals surface area contributed by atoms with E-state index in [0.29, 0.717) is 18.8 Å². The number of benzene rings is 1. The Balaban J connectivity index is 1.39. The lowest BCUT2D eigenvalue weighted by Gasteiger charge is -2.35. The van der Waals surface area contributed by atoms with Crippen LogP contribution in [0.1, 0.15) is 97.0 Å². The van der Waals surface area contributed by atoms with Gasteiger partial charge in [0.1, 0.15) is 24.4 Å². The van der Waals surface area contributed by atoms with Crippen molar-refractivity contribution >= 4 is 11.8 Å². The first-order chi connectivity index (χ1) is 19.3. The first kappa shape index (κ1) is 31.2. The van der Waals surface area contributed by atoms with Gasteiger partial charge >= 0.3 is 6.09 Å². The van der Waals surface area contributed by atoms with Gasteiger partial charge in [-0.2, -0.15) is 0 Å². The number of anilines is 1. The fraction of sp³-hybridized carbons (Fsp3) is 0.781. The van der Waals surface area contributed by atoms with Crippen LogP contribution in [-0.4, -0.2) is 73.7 Å². The number of hydrogen-bond donors (Lipinski definition) is 1. The number of nitrogens with one attached hydrogen (secondary N) is 1. The standard InChI is InChI=1S/C32H52N2O6/c1-5-6-7-8-9-10-11-15-22-36-28-27(38-30-29(28)39-32(3,4)40-30)26(23-34-20-13-12-14-21-34)37-31(35)33-25-18-16-24(2)17-19-25/h16-19,26-30H,5-15,20-23H2,1-4H3,(H,33,35)/t26?,27-,28+,29-,30-/m1/s1. The molecule has 1 unspecified atom stereocenters. The van der Waals surface area contributed by atoms with Crippen LogP contribution in [0, 0.1) is 6.92 Å². The molecule has 8 heteroatoms. The highest BCUT2D eigenvalue weighted by Gasteiger charge is 2.58. The van der Waals surface area contributed by atoms with Crippen molar-refractivity contribution in [2.75, 3.05) is 31.6 Å². The molecule has 1 amide bonds. The number of piperidine rings is 1. The molecule has 8 nitrogen and oxygen atoms in total. The van der Waals surface area contributed by atoms with E-state index in [0.717, 1.165) is 44.3 Å². The minimum atomic E-state index is -0.744. The van der Waals surface area contributed by atoms with E-state index in [-0.39, 0.29) is 12.2 Å². The largest absolute Gasteiger partial charge is 0.442 e. The van der Waals surface area contributed by atoms with Crippen LogP contribution >= 0.6 is 0 Å². The second-order valence-corrected chi connectivity index (χ2v) is 12.2. The van der Waals surface area contributed by atoms with Crippen molar-refractivity contribution in [3.63, 3.8) is 0 Å². The van der Waals surface area contributed by atoms with Crippen LogP contribution in [0.3, 0.4) is 0 Å². The second kappa shape index (κ2) is 15.5. The predicted molar refractivity (Wildman–Crippen MR) is 156 cm³/mol. The molecule has 4 rings (SSSR count). The molecular formula is C32H52N2O6. The molecule has 1 aromatic carbocycles. The predicted octanol–water partition coefficient (Wildman–Crippen LogP) is 6.80. The normalized spacial score (nSPS) is 26.9. The fourth-order valence-corrected chi connectivity index (χ4v) is 5.97. The summed E-state index contributed by atoms with van der Waals surface area (Å²) in [5, 5.41) is 2.88. The summed E-state index contributed by atoms with van der Waals surface area (Å²) in [4.78, 5) is 15.4. The monoisotopic (exact) mass is 560 g/mol. The molecule has 1 N–H and O–H groups in total. The molecule has 1 aromatic rings. The molecule has 3 fully saturated rings. The summed E-state index contributed by atoms with van der Waals surface area (Å²) in [5.74, 6) is -0.744. The van der Waals surface area contributed by atoms with E-state index in [9.17, 15) is 4.79 Å². The minimum absolute atomic E-state index is 0.360. The highest BCUT2D eigenvalue weighted by molar-refractivity contribution is 5.84. The number of fused-ring (bicyclic) bond motifs is 1. The number of ether oxygens (including phenoxy) is 5. The van der Waals surface area contributed by atoms with Crippen LogP contribution in [0.25, 0.3) is 0 Å². The third kappa shape index (κ3) is 9.41. The van der Waals surface area contributed by atoms with Gasteiger partial charge in [0, 0.05) is 18.8 Å². The summed E-state index contributed by atoms with van der Waals surface area (Å²) in [6.07, 6.45) is 10.7. The number of carbonyl (C=O) groups is 1. The zero-order chi connectivity index (χ0) is 28.4. The number of amides is 1. The zero-order valence-corrected chi connectivity index (χ0v) is 25.2. The molecule has 3 saturated heterocycles. The molecule has 0 aromatic heterocycles. The number of carbonyl (C=O) groups excluding carboxylic acids is 1. The van der Waals surface area contributed by atoms with Gasteiger partial charge in [0.15, 0.2) is 12.1 Å². The van der Waals surface area contributed by atoms with E-state index >= 15 is 0 Å². The van der Waals surface area contributed by atoms with Crippen LogP contribution in [0.5, 0.6) is 0 Å². The average Bonchev–Trinajstić information content (AvgIpc) is 3.41. The van der Waals surface area contributed by atoms with Gasteiger partial charge < -0.3 is 23.7 Å². The van der Waals surface area contributed by atoms with Crippen molar-refractivity contribution < 1.29 is 28.5 Å². The first-order valence-electron chi connectivity index (χ1n) is 15.7. The maximum Gasteiger partial charge on any atom is 0.412 e. The van der Waals surface area contributed by atoms with Gasteiger partial charge in [0.05, 0.1) is 0 Å². The molecule has 40 heavy (non-hydrogen) atoms. The van der Waals surface area contributed by atoms with E-state index < -0.39 is 30.4 Å². The third-order valence-corrected chi connectivity index (χ3v) is 8.14. The Labute approximate surface area is 241 Å². The van der Waals surface area contributed by atoms with Gasteiger partial charge in [0.2, 0.25) is 0 Å². The quantitative estimate of drug-likeness (QED) is 0.236. The Morgan fingerprint density at radius 1 is 1.00 bits per heavy atom.